The first kappa shape index (κ1) is 23.8. The molecular weight excluding hydrogens is 472 g/mol. The van der Waals surface area contributed by atoms with Crippen LogP contribution >= 0.6 is 11.6 Å². The number of carbonyl (C=O) groups excluding carboxylic acids is 5. The quantitative estimate of drug-likeness (QED) is 0.400. The predicted octanol–water partition coefficient (Wildman–Crippen LogP) is 3.42. The number of rotatable bonds is 6. The highest BCUT2D eigenvalue weighted by Gasteiger charge is 2.31. The summed E-state index contributed by atoms with van der Waals surface area (Å²) >= 11 is 5.98. The molecule has 0 saturated carbocycles. The first-order valence-corrected chi connectivity index (χ1v) is 11.0. The normalized spacial score (nSPS) is 12.7. The van der Waals surface area contributed by atoms with Gasteiger partial charge < -0.3 is 15.4 Å². The second kappa shape index (κ2) is 9.90. The van der Waals surface area contributed by atoms with Gasteiger partial charge in [0.1, 0.15) is 6.04 Å². The first-order valence-electron chi connectivity index (χ1n) is 10.6. The highest BCUT2D eigenvalue weighted by Crippen LogP contribution is 2.31. The van der Waals surface area contributed by atoms with Crippen molar-refractivity contribution in [3.8, 4) is 0 Å². The Hall–Kier alpha value is -4.30. The van der Waals surface area contributed by atoms with Gasteiger partial charge in [0, 0.05) is 16.7 Å². The molecule has 2 amide bonds. The van der Waals surface area contributed by atoms with E-state index in [1.54, 1.807) is 48.5 Å². The summed E-state index contributed by atoms with van der Waals surface area (Å²) in [6.07, 6.45) is 0. The van der Waals surface area contributed by atoms with Crippen LogP contribution in [0.1, 0.15) is 49.1 Å². The van der Waals surface area contributed by atoms with Crippen molar-refractivity contribution in [1.29, 1.82) is 0 Å². The summed E-state index contributed by atoms with van der Waals surface area (Å²) in [6, 6.07) is 16.3. The maximum atomic E-state index is 13.0. The van der Waals surface area contributed by atoms with E-state index in [0.717, 1.165) is 0 Å². The third-order valence-electron chi connectivity index (χ3n) is 5.39. The van der Waals surface area contributed by atoms with Gasteiger partial charge in [-0.05, 0) is 25.1 Å². The van der Waals surface area contributed by atoms with Crippen molar-refractivity contribution in [2.45, 2.75) is 13.0 Å². The monoisotopic (exact) mass is 490 g/mol. The van der Waals surface area contributed by atoms with E-state index in [4.69, 9.17) is 16.3 Å². The Kier molecular flexibility index (Phi) is 6.75. The van der Waals surface area contributed by atoms with Gasteiger partial charge in [-0.3, -0.25) is 19.2 Å². The SMILES string of the molecule is C[C@H](NC(=O)c1ccccc1Cl)C(=O)OCC(=O)Nc1cccc2c1C(=O)c1ccccc1C2=O. The van der Waals surface area contributed by atoms with Gasteiger partial charge in [-0.25, -0.2) is 4.79 Å². The van der Waals surface area contributed by atoms with Crippen LogP contribution in [0.4, 0.5) is 5.69 Å². The Balaban J connectivity index is 1.39. The molecule has 1 aliphatic rings. The highest BCUT2D eigenvalue weighted by atomic mass is 35.5. The third-order valence-corrected chi connectivity index (χ3v) is 5.72. The van der Waals surface area contributed by atoms with Gasteiger partial charge in [0.2, 0.25) is 0 Å². The van der Waals surface area contributed by atoms with E-state index in [1.807, 2.05) is 0 Å². The van der Waals surface area contributed by atoms with Gasteiger partial charge in [0.05, 0.1) is 21.8 Å². The van der Waals surface area contributed by atoms with E-state index in [1.165, 1.54) is 25.1 Å². The highest BCUT2D eigenvalue weighted by molar-refractivity contribution is 6.34. The summed E-state index contributed by atoms with van der Waals surface area (Å²) in [4.78, 5) is 62.9. The summed E-state index contributed by atoms with van der Waals surface area (Å²) in [5.74, 6) is -2.82. The van der Waals surface area contributed by atoms with Crippen LogP contribution in [-0.2, 0) is 14.3 Å². The number of fused-ring (bicyclic) bond motifs is 2. The second-order valence-electron chi connectivity index (χ2n) is 7.76. The molecule has 0 fully saturated rings. The van der Waals surface area contributed by atoms with Crippen molar-refractivity contribution < 1.29 is 28.7 Å². The number of hydrogen-bond donors (Lipinski definition) is 2. The minimum Gasteiger partial charge on any atom is -0.454 e. The zero-order chi connectivity index (χ0) is 25.1. The van der Waals surface area contributed by atoms with E-state index in [9.17, 15) is 24.0 Å². The van der Waals surface area contributed by atoms with Crippen molar-refractivity contribution in [1.82, 2.24) is 5.32 Å². The zero-order valence-corrected chi connectivity index (χ0v) is 19.2. The lowest BCUT2D eigenvalue weighted by molar-refractivity contribution is -0.148. The van der Waals surface area contributed by atoms with Gasteiger partial charge in [-0.2, -0.15) is 0 Å². The number of nitrogens with one attached hydrogen (secondary N) is 2. The van der Waals surface area contributed by atoms with Gasteiger partial charge in [0.15, 0.2) is 18.2 Å². The largest absolute Gasteiger partial charge is 0.454 e. The van der Waals surface area contributed by atoms with E-state index >= 15 is 0 Å². The molecular formula is C26H19ClN2O6. The van der Waals surface area contributed by atoms with E-state index in [-0.39, 0.29) is 44.5 Å². The Morgan fingerprint density at radius 1 is 0.857 bits per heavy atom. The summed E-state index contributed by atoms with van der Waals surface area (Å²) < 4.78 is 5.00. The lowest BCUT2D eigenvalue weighted by Crippen LogP contribution is -2.40. The fraction of sp³-hybridized carbons (Fsp3) is 0.115. The lowest BCUT2D eigenvalue weighted by atomic mass is 9.83. The number of carbonyl (C=O) groups is 5. The van der Waals surface area contributed by atoms with Crippen molar-refractivity contribution in [2.24, 2.45) is 0 Å². The lowest BCUT2D eigenvalue weighted by Gasteiger charge is -2.20. The maximum Gasteiger partial charge on any atom is 0.328 e. The Labute approximate surface area is 205 Å². The molecule has 176 valence electrons. The van der Waals surface area contributed by atoms with Gasteiger partial charge in [-0.1, -0.05) is 60.1 Å². The van der Waals surface area contributed by atoms with Crippen molar-refractivity contribution in [3.63, 3.8) is 0 Å². The Bertz CT molecular complexity index is 1380. The number of halogens is 1. The molecule has 1 aliphatic carbocycles. The van der Waals surface area contributed by atoms with Crippen LogP contribution in [0.3, 0.4) is 0 Å². The Morgan fingerprint density at radius 2 is 1.49 bits per heavy atom. The standard InChI is InChI=1S/C26H19ClN2O6/c1-14(28-25(33)17-9-4-5-11-19(17)27)26(34)35-13-21(30)29-20-12-6-10-18-22(20)24(32)16-8-3-2-7-15(16)23(18)31/h2-12,14H,13H2,1H3,(H,28,33)(H,29,30)/t14-/m0/s1. The molecule has 0 aromatic heterocycles. The topological polar surface area (TPSA) is 119 Å². The van der Waals surface area contributed by atoms with Crippen LogP contribution < -0.4 is 10.6 Å². The molecule has 4 rings (SSSR count). The predicted molar refractivity (Wildman–Crippen MR) is 128 cm³/mol. The minimum atomic E-state index is -1.05. The van der Waals surface area contributed by atoms with Crippen LogP contribution in [0.2, 0.25) is 5.02 Å². The number of ether oxygens (including phenoxy) is 1. The van der Waals surface area contributed by atoms with E-state index in [2.05, 4.69) is 10.6 Å². The minimum absolute atomic E-state index is 0.0799. The molecule has 0 heterocycles. The second-order valence-corrected chi connectivity index (χ2v) is 8.17. The van der Waals surface area contributed by atoms with Crippen LogP contribution in [0, 0.1) is 0 Å². The molecule has 1 atom stereocenters. The summed E-state index contributed by atoms with van der Waals surface area (Å²) in [5.41, 5.74) is 1.14. The molecule has 0 aliphatic heterocycles. The zero-order valence-electron chi connectivity index (χ0n) is 18.5. The van der Waals surface area contributed by atoms with Gasteiger partial charge >= 0.3 is 5.97 Å². The fourth-order valence-electron chi connectivity index (χ4n) is 3.68. The fourth-order valence-corrected chi connectivity index (χ4v) is 3.90. The summed E-state index contributed by atoms with van der Waals surface area (Å²) in [7, 11) is 0. The van der Waals surface area contributed by atoms with E-state index in [0.29, 0.717) is 5.56 Å². The molecule has 8 nitrogen and oxygen atoms in total. The average molecular weight is 491 g/mol. The van der Waals surface area contributed by atoms with Crippen LogP contribution in [-0.4, -0.2) is 42.0 Å². The molecule has 0 bridgehead atoms. The molecule has 0 unspecified atom stereocenters. The molecule has 0 radical (unpaired) electrons. The number of hydrogen-bond acceptors (Lipinski definition) is 6. The van der Waals surface area contributed by atoms with Crippen molar-refractivity contribution >= 4 is 46.6 Å². The van der Waals surface area contributed by atoms with Crippen molar-refractivity contribution in [2.75, 3.05) is 11.9 Å². The van der Waals surface area contributed by atoms with E-state index < -0.39 is 30.4 Å². The molecule has 2 N–H and O–H groups in total. The number of amides is 2. The van der Waals surface area contributed by atoms with Crippen molar-refractivity contribution in [3.05, 3.63) is 99.6 Å². The number of benzene rings is 3. The molecule has 9 heteroatoms. The van der Waals surface area contributed by atoms with Crippen LogP contribution in [0.5, 0.6) is 0 Å². The molecule has 3 aromatic rings. The summed E-state index contributed by atoms with van der Waals surface area (Å²) in [6.45, 7) is 0.748. The summed E-state index contributed by atoms with van der Waals surface area (Å²) in [5, 5.41) is 5.21. The average Bonchev–Trinajstić information content (AvgIpc) is 2.86. The number of ketones is 2. The molecule has 35 heavy (non-hydrogen) atoms. The number of anilines is 1. The first-order chi connectivity index (χ1) is 16.8. The van der Waals surface area contributed by atoms with Crippen LogP contribution in [0.15, 0.2) is 66.7 Å². The molecule has 3 aromatic carbocycles. The maximum absolute atomic E-state index is 13.0. The third kappa shape index (κ3) is 4.83. The van der Waals surface area contributed by atoms with Gasteiger partial charge in [-0.15, -0.1) is 0 Å². The van der Waals surface area contributed by atoms with Gasteiger partial charge in [0.25, 0.3) is 11.8 Å². The Morgan fingerprint density at radius 3 is 2.20 bits per heavy atom. The number of esters is 1. The molecule has 0 spiro atoms. The molecule has 0 saturated heterocycles. The van der Waals surface area contributed by atoms with Crippen LogP contribution in [0.25, 0.3) is 0 Å². The smallest absolute Gasteiger partial charge is 0.328 e.